The fourth-order valence-electron chi connectivity index (χ4n) is 2.59. The minimum absolute atomic E-state index is 0.0722. The summed E-state index contributed by atoms with van der Waals surface area (Å²) in [4.78, 5) is 30.2. The number of fused-ring (bicyclic) bond motifs is 3. The molecular weight excluding hydrogens is 294 g/mol. The van der Waals surface area contributed by atoms with Gasteiger partial charge < -0.3 is 10.2 Å². The molecule has 7 heteroatoms. The van der Waals surface area contributed by atoms with E-state index in [1.54, 1.807) is 11.2 Å². The van der Waals surface area contributed by atoms with Gasteiger partial charge in [-0.3, -0.25) is 9.59 Å². The summed E-state index contributed by atoms with van der Waals surface area (Å²) in [6.07, 6.45) is 3.58. The van der Waals surface area contributed by atoms with E-state index in [1.165, 1.54) is 0 Å². The van der Waals surface area contributed by atoms with E-state index in [4.69, 9.17) is 0 Å². The maximum Gasteiger partial charge on any atom is 0.263 e. The van der Waals surface area contributed by atoms with Crippen molar-refractivity contribution in [2.45, 2.75) is 32.2 Å². The Morgan fingerprint density at radius 2 is 2.22 bits per heavy atom. The first-order valence-corrected chi connectivity index (χ1v) is 7.77. The molecule has 2 aliphatic rings. The Morgan fingerprint density at radius 1 is 1.39 bits per heavy atom. The number of rotatable bonds is 5. The maximum atomic E-state index is 12.1. The Labute approximate surface area is 134 Å². The summed E-state index contributed by atoms with van der Waals surface area (Å²) in [7, 11) is 0. The lowest BCUT2D eigenvalue weighted by atomic mass is 10.1. The Hall–Kier alpha value is -2.70. The van der Waals surface area contributed by atoms with Crippen LogP contribution in [0.3, 0.4) is 0 Å². The number of amides is 2. The van der Waals surface area contributed by atoms with Gasteiger partial charge in [0.1, 0.15) is 6.04 Å². The number of aliphatic imine (C=N–C) groups is 1. The first kappa shape index (κ1) is 15.2. The maximum absolute atomic E-state index is 12.1. The summed E-state index contributed by atoms with van der Waals surface area (Å²) in [5, 5.41) is 6.96. The third kappa shape index (κ3) is 3.08. The Morgan fingerprint density at radius 3 is 3.04 bits per heavy atom. The highest BCUT2D eigenvalue weighted by molar-refractivity contribution is 6.14. The van der Waals surface area contributed by atoms with E-state index in [0.29, 0.717) is 12.4 Å². The highest BCUT2D eigenvalue weighted by Gasteiger charge is 2.36. The predicted molar refractivity (Wildman–Crippen MR) is 87.4 cm³/mol. The van der Waals surface area contributed by atoms with Crippen molar-refractivity contribution >= 4 is 29.7 Å². The Bertz CT molecular complexity index is 683. The lowest BCUT2D eigenvalue weighted by Crippen LogP contribution is -2.55. The molecule has 2 aliphatic heterocycles. The highest BCUT2D eigenvalue weighted by atomic mass is 16.2. The van der Waals surface area contributed by atoms with Crippen LogP contribution >= 0.6 is 0 Å². The average Bonchev–Trinajstić information content (AvgIpc) is 2.57. The monoisotopic (exact) mass is 313 g/mol. The molecule has 0 unspecified atom stereocenters. The first-order chi connectivity index (χ1) is 11.2. The van der Waals surface area contributed by atoms with Gasteiger partial charge in [0.15, 0.2) is 5.84 Å². The van der Waals surface area contributed by atoms with Crippen LogP contribution in [0.15, 0.2) is 34.4 Å². The fourth-order valence-corrected chi connectivity index (χ4v) is 2.59. The number of unbranched alkanes of at least 4 members (excludes halogenated alkanes) is 1. The van der Waals surface area contributed by atoms with Gasteiger partial charge in [-0.2, -0.15) is 5.10 Å². The lowest BCUT2D eigenvalue weighted by molar-refractivity contribution is -0.130. The number of hydrogen-bond donors (Lipinski definition) is 2. The summed E-state index contributed by atoms with van der Waals surface area (Å²) >= 11 is 0. The van der Waals surface area contributed by atoms with Gasteiger partial charge in [-0.25, -0.2) is 10.4 Å². The summed E-state index contributed by atoms with van der Waals surface area (Å²) in [6.45, 7) is 2.69. The minimum atomic E-state index is -0.638. The zero-order valence-electron chi connectivity index (χ0n) is 13.0. The van der Waals surface area contributed by atoms with E-state index >= 15 is 0 Å². The van der Waals surface area contributed by atoms with Gasteiger partial charge in [-0.05, 0) is 18.6 Å². The zero-order valence-corrected chi connectivity index (χ0v) is 13.0. The molecule has 3 rings (SSSR count). The van der Waals surface area contributed by atoms with Crippen molar-refractivity contribution in [1.29, 1.82) is 0 Å². The average molecular weight is 313 g/mol. The minimum Gasteiger partial charge on any atom is -0.356 e. The van der Waals surface area contributed by atoms with Crippen molar-refractivity contribution in [3.05, 3.63) is 29.8 Å². The van der Waals surface area contributed by atoms with Crippen molar-refractivity contribution in [2.24, 2.45) is 10.1 Å². The second-order valence-corrected chi connectivity index (χ2v) is 5.50. The van der Waals surface area contributed by atoms with Gasteiger partial charge in [0.05, 0.1) is 18.4 Å². The Kier molecular flexibility index (Phi) is 4.36. The smallest absolute Gasteiger partial charge is 0.263 e. The fraction of sp³-hybridized carbons (Fsp3) is 0.375. The summed E-state index contributed by atoms with van der Waals surface area (Å²) < 4.78 is 0. The van der Waals surface area contributed by atoms with Crippen LogP contribution in [0.25, 0.3) is 0 Å². The zero-order chi connectivity index (χ0) is 16.2. The molecule has 0 bridgehead atoms. The van der Waals surface area contributed by atoms with Crippen molar-refractivity contribution in [1.82, 2.24) is 15.6 Å². The van der Waals surface area contributed by atoms with E-state index in [1.807, 2.05) is 24.3 Å². The second kappa shape index (κ2) is 6.60. The van der Waals surface area contributed by atoms with E-state index < -0.39 is 6.04 Å². The molecule has 0 saturated carbocycles. The number of nitrogens with one attached hydrogen (secondary N) is 2. The van der Waals surface area contributed by atoms with Crippen molar-refractivity contribution in [2.75, 3.05) is 6.54 Å². The van der Waals surface area contributed by atoms with Crippen molar-refractivity contribution in [3.63, 3.8) is 0 Å². The molecule has 0 saturated heterocycles. The third-order valence-corrected chi connectivity index (χ3v) is 3.85. The van der Waals surface area contributed by atoms with E-state index in [9.17, 15) is 9.59 Å². The van der Waals surface area contributed by atoms with Gasteiger partial charge >= 0.3 is 0 Å². The van der Waals surface area contributed by atoms with Crippen LogP contribution in [-0.2, 0) is 9.59 Å². The number of carbonyl (C=O) groups is 2. The van der Waals surface area contributed by atoms with Crippen molar-refractivity contribution < 1.29 is 9.59 Å². The molecule has 2 N–H and O–H groups in total. The number of hydrazone groups is 1. The number of hydrogen-bond acceptors (Lipinski definition) is 5. The number of amidine groups is 1. The molecule has 0 radical (unpaired) electrons. The molecule has 23 heavy (non-hydrogen) atoms. The normalized spacial score (nSPS) is 18.7. The predicted octanol–water partition coefficient (Wildman–Crippen LogP) is 1.13. The molecule has 1 aromatic carbocycles. The summed E-state index contributed by atoms with van der Waals surface area (Å²) in [5.41, 5.74) is 4.15. The van der Waals surface area contributed by atoms with Gasteiger partial charge in [0.2, 0.25) is 5.91 Å². The molecule has 7 nitrogen and oxygen atoms in total. The molecular formula is C16H19N5O2. The van der Waals surface area contributed by atoms with Crippen LogP contribution in [0.1, 0.15) is 31.7 Å². The molecule has 1 atom stereocenters. The molecule has 1 aromatic rings. The van der Waals surface area contributed by atoms with E-state index in [-0.39, 0.29) is 18.2 Å². The topological polar surface area (TPSA) is 86.2 Å². The number of para-hydroxylation sites is 1. The van der Waals surface area contributed by atoms with Gasteiger partial charge in [0.25, 0.3) is 5.91 Å². The molecule has 0 spiro atoms. The SMILES string of the molecule is CCCCNC(=O)C[C@H]1C(=O)NN=C2c3ccccc3N=CN21. The van der Waals surface area contributed by atoms with Crippen LogP contribution in [0.5, 0.6) is 0 Å². The van der Waals surface area contributed by atoms with Crippen LogP contribution < -0.4 is 10.7 Å². The van der Waals surface area contributed by atoms with Crippen LogP contribution in [-0.4, -0.2) is 41.5 Å². The first-order valence-electron chi connectivity index (χ1n) is 7.77. The quantitative estimate of drug-likeness (QED) is 0.799. The second-order valence-electron chi connectivity index (χ2n) is 5.50. The molecule has 2 amide bonds. The van der Waals surface area contributed by atoms with Gasteiger partial charge in [0, 0.05) is 12.1 Å². The lowest BCUT2D eigenvalue weighted by Gasteiger charge is -2.34. The molecule has 120 valence electrons. The number of nitrogens with zero attached hydrogens (tertiary/aromatic N) is 3. The number of benzene rings is 1. The third-order valence-electron chi connectivity index (χ3n) is 3.85. The van der Waals surface area contributed by atoms with E-state index in [0.717, 1.165) is 24.1 Å². The van der Waals surface area contributed by atoms with Gasteiger partial charge in [-0.1, -0.05) is 25.5 Å². The number of carbonyl (C=O) groups excluding carboxylic acids is 2. The van der Waals surface area contributed by atoms with Crippen molar-refractivity contribution in [3.8, 4) is 0 Å². The Balaban J connectivity index is 1.77. The molecule has 0 aromatic heterocycles. The summed E-state index contributed by atoms with van der Waals surface area (Å²) in [6, 6.07) is 6.93. The van der Waals surface area contributed by atoms with Crippen LogP contribution in [0.4, 0.5) is 5.69 Å². The summed E-state index contributed by atoms with van der Waals surface area (Å²) in [5.74, 6) is 0.166. The van der Waals surface area contributed by atoms with Gasteiger partial charge in [-0.15, -0.1) is 0 Å². The largest absolute Gasteiger partial charge is 0.356 e. The van der Waals surface area contributed by atoms with Crippen LogP contribution in [0.2, 0.25) is 0 Å². The molecule has 0 aliphatic carbocycles. The molecule has 0 fully saturated rings. The molecule has 2 heterocycles. The van der Waals surface area contributed by atoms with Crippen LogP contribution in [0, 0.1) is 0 Å². The standard InChI is InChI=1S/C16H19N5O2/c1-2-3-8-17-14(22)9-13-16(23)20-19-15-11-6-4-5-7-12(11)18-10-21(13)15/h4-7,10,13H,2-3,8-9H2,1H3,(H,17,22)(H,20,23)/t13-/m0/s1. The highest BCUT2D eigenvalue weighted by Crippen LogP contribution is 2.27. The van der Waals surface area contributed by atoms with E-state index in [2.05, 4.69) is 27.8 Å².